The van der Waals surface area contributed by atoms with Crippen molar-refractivity contribution in [2.45, 2.75) is 25.4 Å². The number of hydrogen-bond acceptors (Lipinski definition) is 7. The zero-order chi connectivity index (χ0) is 21.5. The second-order valence-electron chi connectivity index (χ2n) is 7.43. The van der Waals surface area contributed by atoms with Crippen LogP contribution in [0.2, 0.25) is 0 Å². The molecule has 1 aliphatic heterocycles. The lowest BCUT2D eigenvalue weighted by Crippen LogP contribution is -2.30. The van der Waals surface area contributed by atoms with Gasteiger partial charge in [-0.05, 0) is 44.0 Å². The average molecular weight is 452 g/mol. The standard InChI is InChI=1S/C22H21N5O2S2/c1-13-17(7-9-29-13)21-24-25-22(26(21)3)31-12-20(28)27-8-6-16-10-15(4-5-19(16)27)18-11-30-14(2)23-18/h4-5,7,9-11H,6,8,12H2,1-3H3. The maximum atomic E-state index is 13.0. The summed E-state index contributed by atoms with van der Waals surface area (Å²) in [5, 5.41) is 12.4. The molecule has 0 N–H and O–H groups in total. The highest BCUT2D eigenvalue weighted by molar-refractivity contribution is 7.99. The van der Waals surface area contributed by atoms with E-state index >= 15 is 0 Å². The van der Waals surface area contributed by atoms with Crippen molar-refractivity contribution < 1.29 is 9.21 Å². The Morgan fingerprint density at radius 2 is 2.13 bits per heavy atom. The Balaban J connectivity index is 1.29. The third kappa shape index (κ3) is 3.68. The van der Waals surface area contributed by atoms with E-state index in [1.54, 1.807) is 17.6 Å². The summed E-state index contributed by atoms with van der Waals surface area (Å²) in [5.41, 5.74) is 5.20. The molecule has 0 aliphatic carbocycles. The Morgan fingerprint density at radius 3 is 2.87 bits per heavy atom. The molecule has 5 rings (SSSR count). The summed E-state index contributed by atoms with van der Waals surface area (Å²) in [6.07, 6.45) is 2.50. The van der Waals surface area contributed by atoms with Crippen molar-refractivity contribution in [1.82, 2.24) is 19.7 Å². The lowest BCUT2D eigenvalue weighted by Gasteiger charge is -2.17. The molecule has 1 amide bonds. The fourth-order valence-corrected chi connectivity index (χ4v) is 5.22. The number of carbonyl (C=O) groups is 1. The number of furan rings is 1. The fourth-order valence-electron chi connectivity index (χ4n) is 3.81. The van der Waals surface area contributed by atoms with E-state index in [0.717, 1.165) is 45.5 Å². The summed E-state index contributed by atoms with van der Waals surface area (Å²) in [6.45, 7) is 4.61. The minimum atomic E-state index is 0.0741. The van der Waals surface area contributed by atoms with Gasteiger partial charge in [0.05, 0.1) is 28.3 Å². The highest BCUT2D eigenvalue weighted by Crippen LogP contribution is 2.33. The molecule has 0 bridgehead atoms. The Kier molecular flexibility index (Phi) is 5.15. The number of anilines is 1. The molecule has 0 spiro atoms. The smallest absolute Gasteiger partial charge is 0.237 e. The van der Waals surface area contributed by atoms with Crippen molar-refractivity contribution in [1.29, 1.82) is 0 Å². The van der Waals surface area contributed by atoms with E-state index in [4.69, 9.17) is 4.42 Å². The van der Waals surface area contributed by atoms with Crippen molar-refractivity contribution in [3.05, 3.63) is 52.2 Å². The van der Waals surface area contributed by atoms with Crippen molar-refractivity contribution >= 4 is 34.7 Å². The van der Waals surface area contributed by atoms with E-state index < -0.39 is 0 Å². The van der Waals surface area contributed by atoms with Crippen LogP contribution in [0.4, 0.5) is 5.69 Å². The Labute approximate surface area is 188 Å². The number of thiazole rings is 1. The molecular formula is C22H21N5O2S2. The first-order chi connectivity index (χ1) is 15.0. The van der Waals surface area contributed by atoms with Crippen LogP contribution in [0.1, 0.15) is 16.3 Å². The van der Waals surface area contributed by atoms with E-state index in [1.165, 1.54) is 17.3 Å². The van der Waals surface area contributed by atoms with Gasteiger partial charge in [0.2, 0.25) is 5.91 Å². The van der Waals surface area contributed by atoms with Crippen LogP contribution in [-0.2, 0) is 18.3 Å². The van der Waals surface area contributed by atoms with Gasteiger partial charge in [0.25, 0.3) is 0 Å². The maximum Gasteiger partial charge on any atom is 0.237 e. The average Bonchev–Trinajstić information content (AvgIpc) is 3.53. The van der Waals surface area contributed by atoms with Gasteiger partial charge in [0, 0.05) is 30.2 Å². The molecule has 4 aromatic rings. The number of fused-ring (bicyclic) bond motifs is 1. The first-order valence-corrected chi connectivity index (χ1v) is 11.8. The van der Waals surface area contributed by atoms with Crippen molar-refractivity contribution in [2.24, 2.45) is 7.05 Å². The number of nitrogens with zero attached hydrogens (tertiary/aromatic N) is 5. The maximum absolute atomic E-state index is 13.0. The Bertz CT molecular complexity index is 1270. The zero-order valence-corrected chi connectivity index (χ0v) is 19.1. The minimum Gasteiger partial charge on any atom is -0.469 e. The number of rotatable bonds is 5. The van der Waals surface area contributed by atoms with Gasteiger partial charge in [-0.25, -0.2) is 4.98 Å². The predicted octanol–water partition coefficient (Wildman–Crippen LogP) is 4.50. The number of thioether (sulfide) groups is 1. The summed E-state index contributed by atoms with van der Waals surface area (Å²) >= 11 is 3.05. The van der Waals surface area contributed by atoms with Crippen molar-refractivity contribution in [2.75, 3.05) is 17.2 Å². The molecule has 0 unspecified atom stereocenters. The van der Waals surface area contributed by atoms with Crippen molar-refractivity contribution in [3.63, 3.8) is 0 Å². The molecule has 0 saturated carbocycles. The second-order valence-corrected chi connectivity index (χ2v) is 9.44. The minimum absolute atomic E-state index is 0.0741. The van der Waals surface area contributed by atoms with Gasteiger partial charge in [0.15, 0.2) is 11.0 Å². The lowest BCUT2D eigenvalue weighted by atomic mass is 10.1. The largest absolute Gasteiger partial charge is 0.469 e. The van der Waals surface area contributed by atoms with E-state index in [1.807, 2.05) is 48.6 Å². The van der Waals surface area contributed by atoms with Crippen LogP contribution in [0, 0.1) is 13.8 Å². The van der Waals surface area contributed by atoms with Crippen LogP contribution < -0.4 is 4.90 Å². The highest BCUT2D eigenvalue weighted by atomic mass is 32.2. The fraction of sp³-hybridized carbons (Fsp3) is 0.273. The van der Waals surface area contributed by atoms with Crippen LogP contribution in [-0.4, -0.2) is 38.0 Å². The van der Waals surface area contributed by atoms with Crippen LogP contribution in [0.25, 0.3) is 22.6 Å². The molecule has 0 fully saturated rings. The molecule has 158 valence electrons. The van der Waals surface area contributed by atoms with E-state index in [9.17, 15) is 4.79 Å². The van der Waals surface area contributed by atoms with Gasteiger partial charge < -0.3 is 13.9 Å². The second kappa shape index (κ2) is 7.97. The first kappa shape index (κ1) is 20.0. The van der Waals surface area contributed by atoms with Crippen molar-refractivity contribution in [3.8, 4) is 22.6 Å². The molecule has 7 nitrogen and oxygen atoms in total. The van der Waals surface area contributed by atoms with Crippen LogP contribution in [0.15, 0.2) is 45.5 Å². The van der Waals surface area contributed by atoms with Gasteiger partial charge in [-0.2, -0.15) is 0 Å². The quantitative estimate of drug-likeness (QED) is 0.416. The molecule has 3 aromatic heterocycles. The zero-order valence-electron chi connectivity index (χ0n) is 17.5. The number of benzene rings is 1. The normalized spacial score (nSPS) is 13.1. The number of aryl methyl sites for hydroxylation is 2. The van der Waals surface area contributed by atoms with E-state index in [2.05, 4.69) is 26.6 Å². The molecule has 0 radical (unpaired) electrons. The monoisotopic (exact) mass is 451 g/mol. The molecule has 0 atom stereocenters. The molecule has 1 aliphatic rings. The van der Waals surface area contributed by atoms with E-state index in [0.29, 0.717) is 17.5 Å². The Hall–Kier alpha value is -2.91. The summed E-state index contributed by atoms with van der Waals surface area (Å²) in [7, 11) is 1.90. The SMILES string of the molecule is Cc1nc(-c2ccc3c(c2)CCN3C(=O)CSc2nnc(-c3ccoc3C)n2C)cs1. The molecule has 9 heteroatoms. The third-order valence-corrected chi connectivity index (χ3v) is 7.23. The summed E-state index contributed by atoms with van der Waals surface area (Å²) in [5.74, 6) is 1.91. The van der Waals surface area contributed by atoms with Gasteiger partial charge >= 0.3 is 0 Å². The molecule has 31 heavy (non-hydrogen) atoms. The number of hydrogen-bond donors (Lipinski definition) is 0. The van der Waals surface area contributed by atoms with Crippen LogP contribution in [0.5, 0.6) is 0 Å². The van der Waals surface area contributed by atoms with Gasteiger partial charge in [0.1, 0.15) is 5.76 Å². The predicted molar refractivity (Wildman–Crippen MR) is 123 cm³/mol. The highest BCUT2D eigenvalue weighted by Gasteiger charge is 2.26. The summed E-state index contributed by atoms with van der Waals surface area (Å²) < 4.78 is 7.27. The Morgan fingerprint density at radius 1 is 1.26 bits per heavy atom. The molecule has 4 heterocycles. The summed E-state index contributed by atoms with van der Waals surface area (Å²) in [4.78, 5) is 19.4. The van der Waals surface area contributed by atoms with Crippen LogP contribution in [0.3, 0.4) is 0 Å². The third-order valence-electron chi connectivity index (χ3n) is 5.45. The van der Waals surface area contributed by atoms with Crippen LogP contribution >= 0.6 is 23.1 Å². The number of carbonyl (C=O) groups excluding carboxylic acids is 1. The van der Waals surface area contributed by atoms with Gasteiger partial charge in [-0.3, -0.25) is 4.79 Å². The molecule has 1 aromatic carbocycles. The summed E-state index contributed by atoms with van der Waals surface area (Å²) in [6, 6.07) is 8.12. The number of amides is 1. The topological polar surface area (TPSA) is 77.1 Å². The van der Waals surface area contributed by atoms with Gasteiger partial charge in [-0.1, -0.05) is 17.8 Å². The van der Waals surface area contributed by atoms with E-state index in [-0.39, 0.29) is 5.91 Å². The molecular weight excluding hydrogens is 430 g/mol. The first-order valence-electron chi connectivity index (χ1n) is 9.93. The molecule has 0 saturated heterocycles. The lowest BCUT2D eigenvalue weighted by molar-refractivity contribution is -0.116. The van der Waals surface area contributed by atoms with Gasteiger partial charge in [-0.15, -0.1) is 21.5 Å². The number of aromatic nitrogens is 4.